The fraction of sp³-hybridized carbons (Fsp3) is 0.632. The monoisotopic (exact) mass is 381 g/mol. The molecule has 1 aromatic carbocycles. The molecule has 1 saturated heterocycles. The highest BCUT2D eigenvalue weighted by Gasteiger charge is 2.31. The molecule has 1 aromatic rings. The van der Waals surface area contributed by atoms with Crippen LogP contribution in [0.25, 0.3) is 0 Å². The van der Waals surface area contributed by atoms with Crippen LogP contribution in [0.2, 0.25) is 0 Å². The summed E-state index contributed by atoms with van der Waals surface area (Å²) in [4.78, 5) is 14.2. The molecule has 0 radical (unpaired) electrons. The minimum Gasteiger partial charge on any atom is -0.333 e. The number of urea groups is 1. The fourth-order valence-corrected chi connectivity index (χ4v) is 4.31. The number of rotatable bonds is 4. The predicted molar refractivity (Wildman–Crippen MR) is 104 cm³/mol. The molecule has 1 unspecified atom stereocenters. The van der Waals surface area contributed by atoms with Crippen molar-refractivity contribution in [1.82, 2.24) is 14.5 Å². The van der Waals surface area contributed by atoms with Gasteiger partial charge in [-0.1, -0.05) is 26.0 Å². The number of hydrogen-bond acceptors (Lipinski definition) is 3. The van der Waals surface area contributed by atoms with Crippen LogP contribution >= 0.6 is 0 Å². The van der Waals surface area contributed by atoms with Gasteiger partial charge in [0.2, 0.25) is 10.0 Å². The lowest BCUT2D eigenvalue weighted by molar-refractivity contribution is 0.165. The van der Waals surface area contributed by atoms with Crippen molar-refractivity contribution in [3.8, 4) is 0 Å². The highest BCUT2D eigenvalue weighted by atomic mass is 32.2. The second-order valence-corrected chi connectivity index (χ2v) is 9.89. The van der Waals surface area contributed by atoms with Crippen LogP contribution in [-0.4, -0.2) is 55.4 Å². The summed E-state index contributed by atoms with van der Waals surface area (Å²) in [5, 5.41) is 2.92. The first-order valence-electron chi connectivity index (χ1n) is 9.22. The van der Waals surface area contributed by atoms with Crippen molar-refractivity contribution in [2.24, 2.45) is 0 Å². The number of nitrogens with one attached hydrogen (secondary N) is 1. The summed E-state index contributed by atoms with van der Waals surface area (Å²) < 4.78 is 27.2. The Morgan fingerprint density at radius 2 is 1.65 bits per heavy atom. The van der Waals surface area contributed by atoms with E-state index in [1.165, 1.54) is 4.31 Å². The zero-order chi connectivity index (χ0) is 19.5. The van der Waals surface area contributed by atoms with Gasteiger partial charge in [0.05, 0.1) is 4.90 Å². The Morgan fingerprint density at radius 1 is 1.12 bits per heavy atom. The summed E-state index contributed by atoms with van der Waals surface area (Å²) >= 11 is 0. The molecule has 146 valence electrons. The summed E-state index contributed by atoms with van der Waals surface area (Å²) in [5.41, 5.74) is 0.840. The van der Waals surface area contributed by atoms with E-state index in [-0.39, 0.29) is 11.6 Å². The normalized spacial score (nSPS) is 17.8. The fourth-order valence-electron chi connectivity index (χ4n) is 2.88. The van der Waals surface area contributed by atoms with E-state index >= 15 is 0 Å². The Morgan fingerprint density at radius 3 is 2.12 bits per heavy atom. The van der Waals surface area contributed by atoms with E-state index < -0.39 is 10.0 Å². The predicted octanol–water partition coefficient (Wildman–Crippen LogP) is 3.01. The zero-order valence-corrected chi connectivity index (χ0v) is 17.3. The first kappa shape index (κ1) is 20.7. The number of sulfonamides is 1. The molecule has 1 aliphatic rings. The van der Waals surface area contributed by atoms with Gasteiger partial charge in [-0.2, -0.15) is 4.31 Å². The molecule has 1 heterocycles. The molecule has 6 nitrogen and oxygen atoms in total. The van der Waals surface area contributed by atoms with Crippen LogP contribution in [-0.2, 0) is 10.0 Å². The standard InChI is InChI=1S/C19H31N3O3S/c1-6-15(2)16-7-9-17(10-8-16)26(24,25)22-13-11-21(12-14-22)18(23)20-19(3,4)5/h7-10,15H,6,11-14H2,1-5H3,(H,20,23). The van der Waals surface area contributed by atoms with Gasteiger partial charge in [-0.05, 0) is 50.8 Å². The summed E-state index contributed by atoms with van der Waals surface area (Å²) in [7, 11) is -3.52. The summed E-state index contributed by atoms with van der Waals surface area (Å²) in [5.74, 6) is 0.414. The third-order valence-electron chi connectivity index (χ3n) is 4.71. The van der Waals surface area contributed by atoms with E-state index in [9.17, 15) is 13.2 Å². The minimum atomic E-state index is -3.52. The van der Waals surface area contributed by atoms with Crippen LogP contribution in [0.5, 0.6) is 0 Å². The smallest absolute Gasteiger partial charge is 0.317 e. The van der Waals surface area contributed by atoms with Crippen molar-refractivity contribution < 1.29 is 13.2 Å². The first-order chi connectivity index (χ1) is 12.0. The SMILES string of the molecule is CCC(C)c1ccc(S(=O)(=O)N2CCN(C(=O)NC(C)(C)C)CC2)cc1. The highest BCUT2D eigenvalue weighted by molar-refractivity contribution is 7.89. The van der Waals surface area contributed by atoms with Crippen molar-refractivity contribution in [2.75, 3.05) is 26.2 Å². The molecular weight excluding hydrogens is 350 g/mol. The first-order valence-corrected chi connectivity index (χ1v) is 10.7. The van der Waals surface area contributed by atoms with E-state index in [0.29, 0.717) is 37.0 Å². The van der Waals surface area contributed by atoms with Crippen LogP contribution in [0.3, 0.4) is 0 Å². The third kappa shape index (κ3) is 4.98. The maximum atomic E-state index is 12.9. The molecule has 0 aliphatic carbocycles. The van der Waals surface area contributed by atoms with Gasteiger partial charge in [0, 0.05) is 31.7 Å². The Bertz CT molecular complexity index is 715. The Hall–Kier alpha value is -1.60. The van der Waals surface area contributed by atoms with Crippen molar-refractivity contribution in [3.05, 3.63) is 29.8 Å². The van der Waals surface area contributed by atoms with E-state index in [2.05, 4.69) is 19.2 Å². The maximum Gasteiger partial charge on any atom is 0.317 e. The molecule has 1 atom stereocenters. The van der Waals surface area contributed by atoms with Crippen molar-refractivity contribution in [1.29, 1.82) is 0 Å². The van der Waals surface area contributed by atoms with E-state index in [1.807, 2.05) is 32.9 Å². The number of benzene rings is 1. The van der Waals surface area contributed by atoms with E-state index in [4.69, 9.17) is 0 Å². The number of carbonyl (C=O) groups excluding carboxylic acids is 1. The van der Waals surface area contributed by atoms with Gasteiger partial charge in [-0.25, -0.2) is 13.2 Å². The molecule has 0 saturated carbocycles. The lowest BCUT2D eigenvalue weighted by Crippen LogP contribution is -2.55. The van der Waals surface area contributed by atoms with Crippen LogP contribution < -0.4 is 5.32 Å². The van der Waals surface area contributed by atoms with E-state index in [1.54, 1.807) is 17.0 Å². The number of carbonyl (C=O) groups is 1. The molecule has 0 spiro atoms. The van der Waals surface area contributed by atoms with Crippen LogP contribution in [0.1, 0.15) is 52.5 Å². The quantitative estimate of drug-likeness (QED) is 0.872. The molecule has 2 amide bonds. The van der Waals surface area contributed by atoms with Gasteiger partial charge in [-0.3, -0.25) is 0 Å². The van der Waals surface area contributed by atoms with Crippen molar-refractivity contribution in [3.63, 3.8) is 0 Å². The Balaban J connectivity index is 2.02. The molecule has 2 rings (SSSR count). The number of amides is 2. The third-order valence-corrected chi connectivity index (χ3v) is 6.62. The van der Waals surface area contributed by atoms with E-state index in [0.717, 1.165) is 12.0 Å². The lowest BCUT2D eigenvalue weighted by atomic mass is 9.99. The lowest BCUT2D eigenvalue weighted by Gasteiger charge is -2.35. The molecular formula is C19H31N3O3S. The molecule has 26 heavy (non-hydrogen) atoms. The largest absolute Gasteiger partial charge is 0.333 e. The van der Waals surface area contributed by atoms with Crippen molar-refractivity contribution >= 4 is 16.1 Å². The Kier molecular flexibility index (Phi) is 6.34. The summed E-state index contributed by atoms with van der Waals surface area (Å²) in [6.45, 7) is 11.4. The molecule has 1 fully saturated rings. The second-order valence-electron chi connectivity index (χ2n) is 7.95. The molecule has 7 heteroatoms. The molecule has 0 bridgehead atoms. The van der Waals surface area contributed by atoms with Gasteiger partial charge >= 0.3 is 6.03 Å². The van der Waals surface area contributed by atoms with Crippen LogP contribution in [0, 0.1) is 0 Å². The highest BCUT2D eigenvalue weighted by Crippen LogP contribution is 2.23. The average molecular weight is 382 g/mol. The number of hydrogen-bond donors (Lipinski definition) is 1. The van der Waals surface area contributed by atoms with Gasteiger partial charge in [0.15, 0.2) is 0 Å². The topological polar surface area (TPSA) is 69.7 Å². The van der Waals surface area contributed by atoms with Gasteiger partial charge in [0.1, 0.15) is 0 Å². The molecule has 1 aliphatic heterocycles. The summed E-state index contributed by atoms with van der Waals surface area (Å²) in [6, 6.07) is 7.03. The van der Waals surface area contributed by atoms with Crippen molar-refractivity contribution in [2.45, 2.75) is 57.4 Å². The molecule has 0 aromatic heterocycles. The number of piperazine rings is 1. The zero-order valence-electron chi connectivity index (χ0n) is 16.4. The van der Waals surface area contributed by atoms with Gasteiger partial charge < -0.3 is 10.2 Å². The maximum absolute atomic E-state index is 12.9. The summed E-state index contributed by atoms with van der Waals surface area (Å²) in [6.07, 6.45) is 1.02. The minimum absolute atomic E-state index is 0.146. The van der Waals surface area contributed by atoms with Gasteiger partial charge in [0.25, 0.3) is 0 Å². The van der Waals surface area contributed by atoms with Crippen LogP contribution in [0.15, 0.2) is 29.2 Å². The number of nitrogens with zero attached hydrogens (tertiary/aromatic N) is 2. The second kappa shape index (κ2) is 7.96. The average Bonchev–Trinajstić information content (AvgIpc) is 2.59. The van der Waals surface area contributed by atoms with Gasteiger partial charge in [-0.15, -0.1) is 0 Å². The molecule has 1 N–H and O–H groups in total. The Labute approximate surface area is 157 Å². The van der Waals surface area contributed by atoms with Crippen LogP contribution in [0.4, 0.5) is 4.79 Å².